The third-order valence-electron chi connectivity index (χ3n) is 5.34. The molecule has 1 aliphatic heterocycles. The average Bonchev–Trinajstić information content (AvgIpc) is 3.19. The SMILES string of the molecule is CCC(CC)NC(=O)N1CCn2cccc2[C@@H]1c1ccc(OC)c(OC)c1. The number of carbonyl (C=O) groups excluding carboxylic acids is 1. The highest BCUT2D eigenvalue weighted by Gasteiger charge is 2.33. The Hall–Kier alpha value is -2.63. The Balaban J connectivity index is 1.98. The highest BCUT2D eigenvalue weighted by atomic mass is 16.5. The molecular formula is C21H29N3O3. The molecule has 1 aliphatic rings. The molecule has 2 aromatic rings. The molecule has 1 atom stereocenters. The van der Waals surface area contributed by atoms with Crippen LogP contribution in [0.5, 0.6) is 11.5 Å². The summed E-state index contributed by atoms with van der Waals surface area (Å²) in [5.74, 6) is 1.35. The second-order valence-corrected chi connectivity index (χ2v) is 6.80. The zero-order valence-corrected chi connectivity index (χ0v) is 16.6. The van der Waals surface area contributed by atoms with Gasteiger partial charge in [0.15, 0.2) is 11.5 Å². The molecule has 146 valence electrons. The first-order chi connectivity index (χ1) is 13.1. The minimum absolute atomic E-state index is 0.0177. The fraction of sp³-hybridized carbons (Fsp3) is 0.476. The molecule has 0 saturated heterocycles. The molecule has 0 fully saturated rings. The maximum absolute atomic E-state index is 13.1. The minimum atomic E-state index is -0.164. The van der Waals surface area contributed by atoms with Gasteiger partial charge in [0.05, 0.1) is 20.3 Å². The number of urea groups is 1. The molecular weight excluding hydrogens is 342 g/mol. The van der Waals surface area contributed by atoms with Gasteiger partial charge in [-0.2, -0.15) is 0 Å². The molecule has 2 amide bonds. The number of hydrogen-bond donors (Lipinski definition) is 1. The van der Waals surface area contributed by atoms with Gasteiger partial charge in [0.2, 0.25) is 0 Å². The maximum atomic E-state index is 13.1. The van der Waals surface area contributed by atoms with E-state index in [9.17, 15) is 4.79 Å². The summed E-state index contributed by atoms with van der Waals surface area (Å²) in [5.41, 5.74) is 2.11. The molecule has 0 spiro atoms. The van der Waals surface area contributed by atoms with E-state index in [0.29, 0.717) is 18.0 Å². The van der Waals surface area contributed by atoms with E-state index in [2.05, 4.69) is 36.0 Å². The van der Waals surface area contributed by atoms with Gasteiger partial charge in [-0.1, -0.05) is 19.9 Å². The number of ether oxygens (including phenoxy) is 2. The molecule has 1 aromatic heterocycles. The first-order valence-electron chi connectivity index (χ1n) is 9.57. The minimum Gasteiger partial charge on any atom is -0.493 e. The smallest absolute Gasteiger partial charge is 0.318 e. The summed E-state index contributed by atoms with van der Waals surface area (Å²) in [7, 11) is 3.25. The van der Waals surface area contributed by atoms with E-state index in [1.807, 2.05) is 29.2 Å². The maximum Gasteiger partial charge on any atom is 0.318 e. The van der Waals surface area contributed by atoms with Crippen LogP contribution in [0.25, 0.3) is 0 Å². The summed E-state index contributed by atoms with van der Waals surface area (Å²) >= 11 is 0. The molecule has 0 aliphatic carbocycles. The number of methoxy groups -OCH3 is 2. The lowest BCUT2D eigenvalue weighted by atomic mass is 9.99. The summed E-state index contributed by atoms with van der Waals surface area (Å²) in [5, 5.41) is 3.18. The van der Waals surface area contributed by atoms with Crippen LogP contribution in [0.3, 0.4) is 0 Å². The second-order valence-electron chi connectivity index (χ2n) is 6.80. The third-order valence-corrected chi connectivity index (χ3v) is 5.34. The number of carbonyl (C=O) groups is 1. The van der Waals surface area contributed by atoms with E-state index < -0.39 is 0 Å². The molecule has 3 rings (SSSR count). The molecule has 0 bridgehead atoms. The first kappa shape index (κ1) is 19.1. The van der Waals surface area contributed by atoms with Gasteiger partial charge in [0, 0.05) is 31.0 Å². The van der Waals surface area contributed by atoms with E-state index in [-0.39, 0.29) is 18.1 Å². The number of aromatic nitrogens is 1. The van der Waals surface area contributed by atoms with Gasteiger partial charge in [-0.25, -0.2) is 4.79 Å². The van der Waals surface area contributed by atoms with Crippen molar-refractivity contribution in [3.63, 3.8) is 0 Å². The second kappa shape index (κ2) is 8.37. The van der Waals surface area contributed by atoms with Crippen LogP contribution in [0.4, 0.5) is 4.79 Å². The van der Waals surface area contributed by atoms with Crippen molar-refractivity contribution in [2.24, 2.45) is 0 Å². The summed E-state index contributed by atoms with van der Waals surface area (Å²) in [4.78, 5) is 15.0. The van der Waals surface area contributed by atoms with Gasteiger partial charge >= 0.3 is 6.03 Å². The normalized spacial score (nSPS) is 16.2. The van der Waals surface area contributed by atoms with E-state index in [1.165, 1.54) is 0 Å². The van der Waals surface area contributed by atoms with Gasteiger partial charge in [-0.15, -0.1) is 0 Å². The van der Waals surface area contributed by atoms with Gasteiger partial charge in [0.1, 0.15) is 0 Å². The third kappa shape index (κ3) is 3.75. The lowest BCUT2D eigenvalue weighted by Crippen LogP contribution is -2.49. The van der Waals surface area contributed by atoms with Gasteiger partial charge in [-0.05, 0) is 42.7 Å². The van der Waals surface area contributed by atoms with Crippen LogP contribution in [-0.2, 0) is 6.54 Å². The molecule has 0 radical (unpaired) electrons. The van der Waals surface area contributed by atoms with Crippen molar-refractivity contribution in [1.29, 1.82) is 0 Å². The molecule has 6 heteroatoms. The lowest BCUT2D eigenvalue weighted by Gasteiger charge is -2.38. The van der Waals surface area contributed by atoms with Crippen molar-refractivity contribution in [2.75, 3.05) is 20.8 Å². The number of nitrogens with one attached hydrogen (secondary N) is 1. The van der Waals surface area contributed by atoms with Crippen LogP contribution in [0.1, 0.15) is 44.0 Å². The molecule has 1 N–H and O–H groups in total. The number of amides is 2. The van der Waals surface area contributed by atoms with E-state index in [4.69, 9.17) is 9.47 Å². The Bertz CT molecular complexity index is 783. The molecule has 1 aromatic carbocycles. The lowest BCUT2D eigenvalue weighted by molar-refractivity contribution is 0.164. The van der Waals surface area contributed by atoms with Crippen LogP contribution < -0.4 is 14.8 Å². The van der Waals surface area contributed by atoms with Crippen LogP contribution in [-0.4, -0.2) is 42.3 Å². The van der Waals surface area contributed by atoms with Gasteiger partial charge in [-0.3, -0.25) is 0 Å². The standard InChI is InChI=1S/C21H29N3O3/c1-5-16(6-2)22-21(25)24-13-12-23-11-7-8-17(23)20(24)15-9-10-18(26-3)19(14-15)27-4/h7-11,14,16,20H,5-6,12-13H2,1-4H3,(H,22,25)/t20-/m0/s1. The topological polar surface area (TPSA) is 55.7 Å². The molecule has 0 saturated carbocycles. The van der Waals surface area contributed by atoms with Gasteiger partial charge < -0.3 is 24.3 Å². The summed E-state index contributed by atoms with van der Waals surface area (Å²) < 4.78 is 13.1. The monoisotopic (exact) mass is 371 g/mol. The fourth-order valence-electron chi connectivity index (χ4n) is 3.73. The number of hydrogen-bond acceptors (Lipinski definition) is 3. The summed E-state index contributed by atoms with van der Waals surface area (Å²) in [6, 6.07) is 9.99. The predicted octanol–water partition coefficient (Wildman–Crippen LogP) is 3.81. The number of benzene rings is 1. The van der Waals surface area contributed by atoms with Crippen molar-refractivity contribution < 1.29 is 14.3 Å². The van der Waals surface area contributed by atoms with Crippen molar-refractivity contribution >= 4 is 6.03 Å². The van der Waals surface area contributed by atoms with Crippen molar-refractivity contribution in [3.8, 4) is 11.5 Å². The number of fused-ring (bicyclic) bond motifs is 1. The Morgan fingerprint density at radius 2 is 1.89 bits per heavy atom. The largest absolute Gasteiger partial charge is 0.493 e. The van der Waals surface area contributed by atoms with E-state index in [1.54, 1.807) is 14.2 Å². The van der Waals surface area contributed by atoms with Crippen LogP contribution >= 0.6 is 0 Å². The zero-order valence-electron chi connectivity index (χ0n) is 16.6. The quantitative estimate of drug-likeness (QED) is 0.840. The van der Waals surface area contributed by atoms with Crippen LogP contribution in [0.15, 0.2) is 36.5 Å². The predicted molar refractivity (Wildman–Crippen MR) is 105 cm³/mol. The summed E-state index contributed by atoms with van der Waals surface area (Å²) in [6.07, 6.45) is 3.92. The van der Waals surface area contributed by atoms with Gasteiger partial charge in [0.25, 0.3) is 0 Å². The highest BCUT2D eigenvalue weighted by Crippen LogP contribution is 2.37. The fourth-order valence-corrected chi connectivity index (χ4v) is 3.73. The Morgan fingerprint density at radius 3 is 2.56 bits per heavy atom. The average molecular weight is 371 g/mol. The van der Waals surface area contributed by atoms with Crippen molar-refractivity contribution in [2.45, 2.75) is 45.3 Å². The van der Waals surface area contributed by atoms with E-state index >= 15 is 0 Å². The molecule has 0 unspecified atom stereocenters. The number of nitrogens with zero attached hydrogens (tertiary/aromatic N) is 2. The highest BCUT2D eigenvalue weighted by molar-refractivity contribution is 5.76. The Labute approximate surface area is 161 Å². The van der Waals surface area contributed by atoms with Crippen LogP contribution in [0, 0.1) is 0 Å². The molecule has 2 heterocycles. The van der Waals surface area contributed by atoms with Crippen molar-refractivity contribution in [1.82, 2.24) is 14.8 Å². The van der Waals surface area contributed by atoms with Crippen LogP contribution in [0.2, 0.25) is 0 Å². The first-order valence-corrected chi connectivity index (χ1v) is 9.57. The molecule has 6 nitrogen and oxygen atoms in total. The Morgan fingerprint density at radius 1 is 1.15 bits per heavy atom. The van der Waals surface area contributed by atoms with Crippen molar-refractivity contribution in [3.05, 3.63) is 47.8 Å². The zero-order chi connectivity index (χ0) is 19.4. The summed E-state index contributed by atoms with van der Waals surface area (Å²) in [6.45, 7) is 5.65. The Kier molecular flexibility index (Phi) is 5.94. The molecule has 27 heavy (non-hydrogen) atoms. The number of rotatable bonds is 6. The van der Waals surface area contributed by atoms with E-state index in [0.717, 1.165) is 30.6 Å².